The first-order valence-corrected chi connectivity index (χ1v) is 6.85. The molecule has 6 nitrogen and oxygen atoms in total. The van der Waals surface area contributed by atoms with Crippen LogP contribution in [0.5, 0.6) is 0 Å². The molecule has 0 fully saturated rings. The van der Waals surface area contributed by atoms with Crippen molar-refractivity contribution in [3.8, 4) is 0 Å². The van der Waals surface area contributed by atoms with Crippen LogP contribution in [0.3, 0.4) is 0 Å². The van der Waals surface area contributed by atoms with Gasteiger partial charge in [0.05, 0.1) is 17.6 Å². The number of para-hydroxylation sites is 2. The number of nitrogens with two attached hydrogens (primary N) is 1. The lowest BCUT2D eigenvalue weighted by Gasteiger charge is -2.15. The summed E-state index contributed by atoms with van der Waals surface area (Å²) < 4.78 is 1.77. The molecule has 0 atom stereocenters. The summed E-state index contributed by atoms with van der Waals surface area (Å²) in [7, 11) is 3.87. The highest BCUT2D eigenvalue weighted by Gasteiger charge is 2.08. The predicted molar refractivity (Wildman–Crippen MR) is 83.6 cm³/mol. The van der Waals surface area contributed by atoms with E-state index in [4.69, 9.17) is 5.73 Å². The topological polar surface area (TPSA) is 76.2 Å². The summed E-state index contributed by atoms with van der Waals surface area (Å²) in [5.74, 6) is -0.0362. The van der Waals surface area contributed by atoms with Gasteiger partial charge in [-0.05, 0) is 19.2 Å². The molecule has 21 heavy (non-hydrogen) atoms. The van der Waals surface area contributed by atoms with Crippen LogP contribution in [0.2, 0.25) is 0 Å². The van der Waals surface area contributed by atoms with Crippen molar-refractivity contribution >= 4 is 17.3 Å². The van der Waals surface area contributed by atoms with Gasteiger partial charge in [-0.15, -0.1) is 0 Å². The average Bonchev–Trinajstić information content (AvgIpc) is 2.84. The van der Waals surface area contributed by atoms with E-state index in [1.54, 1.807) is 16.8 Å². The van der Waals surface area contributed by atoms with Crippen molar-refractivity contribution < 1.29 is 4.79 Å². The van der Waals surface area contributed by atoms with Crippen molar-refractivity contribution in [2.75, 3.05) is 24.6 Å². The minimum atomic E-state index is -0.0362. The minimum absolute atomic E-state index is 0.0362. The Morgan fingerprint density at radius 1 is 1.43 bits per heavy atom. The molecule has 0 spiro atoms. The Morgan fingerprint density at radius 2 is 2.19 bits per heavy atom. The van der Waals surface area contributed by atoms with Gasteiger partial charge >= 0.3 is 0 Å². The van der Waals surface area contributed by atoms with Gasteiger partial charge in [0.2, 0.25) is 5.91 Å². The van der Waals surface area contributed by atoms with Crippen molar-refractivity contribution in [3.05, 3.63) is 42.2 Å². The van der Waals surface area contributed by atoms with Crippen LogP contribution in [0.1, 0.15) is 12.0 Å². The summed E-state index contributed by atoms with van der Waals surface area (Å²) in [5.41, 5.74) is 8.17. The van der Waals surface area contributed by atoms with Gasteiger partial charge in [0.15, 0.2) is 0 Å². The van der Waals surface area contributed by atoms with E-state index in [1.807, 2.05) is 38.6 Å². The van der Waals surface area contributed by atoms with Crippen LogP contribution in [0.4, 0.5) is 11.4 Å². The first-order valence-electron chi connectivity index (χ1n) is 6.85. The zero-order valence-corrected chi connectivity index (χ0v) is 12.4. The van der Waals surface area contributed by atoms with E-state index in [2.05, 4.69) is 15.3 Å². The van der Waals surface area contributed by atoms with Gasteiger partial charge in [-0.3, -0.25) is 9.48 Å². The lowest BCUT2D eigenvalue weighted by Crippen LogP contribution is -2.24. The molecule has 0 radical (unpaired) electrons. The highest BCUT2D eigenvalue weighted by atomic mass is 16.1. The van der Waals surface area contributed by atoms with Gasteiger partial charge in [-0.1, -0.05) is 12.1 Å². The molecular weight excluding hydrogens is 266 g/mol. The fraction of sp³-hybridized carbons (Fsp3) is 0.333. The van der Waals surface area contributed by atoms with E-state index < -0.39 is 0 Å². The molecular formula is C15H21N5O. The van der Waals surface area contributed by atoms with Crippen LogP contribution in [-0.4, -0.2) is 34.2 Å². The van der Waals surface area contributed by atoms with Gasteiger partial charge in [0.25, 0.3) is 0 Å². The Morgan fingerprint density at radius 3 is 2.86 bits per heavy atom. The molecule has 1 aromatic carbocycles. The van der Waals surface area contributed by atoms with E-state index in [0.29, 0.717) is 24.3 Å². The van der Waals surface area contributed by atoms with Crippen LogP contribution in [0.15, 0.2) is 36.7 Å². The molecule has 2 rings (SSSR count). The van der Waals surface area contributed by atoms with Crippen molar-refractivity contribution in [1.82, 2.24) is 14.7 Å². The fourth-order valence-electron chi connectivity index (χ4n) is 2.06. The first-order chi connectivity index (χ1) is 10.0. The SMILES string of the molecule is CN(CCC(=O)Nc1ccccc1N)Cc1cnn(C)c1. The number of rotatable bonds is 6. The number of nitrogen functional groups attached to an aromatic ring is 1. The molecule has 0 unspecified atom stereocenters. The Labute approximate surface area is 124 Å². The van der Waals surface area contributed by atoms with Crippen molar-refractivity contribution in [2.45, 2.75) is 13.0 Å². The van der Waals surface area contributed by atoms with Crippen molar-refractivity contribution in [3.63, 3.8) is 0 Å². The Balaban J connectivity index is 1.77. The maximum absolute atomic E-state index is 11.9. The summed E-state index contributed by atoms with van der Waals surface area (Å²) in [4.78, 5) is 14.0. The molecule has 1 heterocycles. The smallest absolute Gasteiger partial charge is 0.225 e. The lowest BCUT2D eigenvalue weighted by atomic mass is 10.2. The molecule has 3 N–H and O–H groups in total. The largest absolute Gasteiger partial charge is 0.397 e. The van der Waals surface area contributed by atoms with Crippen LogP contribution < -0.4 is 11.1 Å². The molecule has 0 aliphatic heterocycles. The number of nitrogens with zero attached hydrogens (tertiary/aromatic N) is 3. The summed E-state index contributed by atoms with van der Waals surface area (Å²) >= 11 is 0. The quantitative estimate of drug-likeness (QED) is 0.789. The third-order valence-corrected chi connectivity index (χ3v) is 3.17. The van der Waals surface area contributed by atoms with Crippen LogP contribution in [0, 0.1) is 0 Å². The minimum Gasteiger partial charge on any atom is -0.397 e. The number of carbonyl (C=O) groups excluding carboxylic acids is 1. The van der Waals surface area contributed by atoms with Crippen molar-refractivity contribution in [1.29, 1.82) is 0 Å². The van der Waals surface area contributed by atoms with Gasteiger partial charge in [0, 0.05) is 38.3 Å². The van der Waals surface area contributed by atoms with Gasteiger partial charge in [-0.2, -0.15) is 5.10 Å². The van der Waals surface area contributed by atoms with Gasteiger partial charge in [0.1, 0.15) is 0 Å². The number of anilines is 2. The fourth-order valence-corrected chi connectivity index (χ4v) is 2.06. The number of hydrogen-bond donors (Lipinski definition) is 2. The van der Waals surface area contributed by atoms with E-state index in [1.165, 1.54) is 0 Å². The second-order valence-corrected chi connectivity index (χ2v) is 5.15. The Bertz CT molecular complexity index is 608. The summed E-state index contributed by atoms with van der Waals surface area (Å²) in [6, 6.07) is 7.25. The van der Waals surface area contributed by atoms with E-state index in [9.17, 15) is 4.79 Å². The molecule has 0 bridgehead atoms. The summed E-state index contributed by atoms with van der Waals surface area (Å²) in [6.45, 7) is 1.45. The number of carbonyl (C=O) groups is 1. The molecule has 112 valence electrons. The molecule has 0 aliphatic rings. The number of aryl methyl sites for hydroxylation is 1. The maximum atomic E-state index is 11.9. The highest BCUT2D eigenvalue weighted by molar-refractivity contribution is 5.93. The maximum Gasteiger partial charge on any atom is 0.225 e. The molecule has 0 saturated carbocycles. The molecule has 1 aromatic heterocycles. The van der Waals surface area contributed by atoms with Gasteiger partial charge < -0.3 is 16.0 Å². The Hall–Kier alpha value is -2.34. The monoisotopic (exact) mass is 287 g/mol. The lowest BCUT2D eigenvalue weighted by molar-refractivity contribution is -0.116. The third-order valence-electron chi connectivity index (χ3n) is 3.17. The van der Waals surface area contributed by atoms with Crippen LogP contribution in [0.25, 0.3) is 0 Å². The second kappa shape index (κ2) is 6.90. The number of aromatic nitrogens is 2. The number of hydrogen-bond acceptors (Lipinski definition) is 4. The van der Waals surface area contributed by atoms with E-state index in [-0.39, 0.29) is 5.91 Å². The Kier molecular flexibility index (Phi) is 4.94. The molecule has 0 saturated heterocycles. The molecule has 6 heteroatoms. The standard InChI is InChI=1S/C15H21N5O/c1-19(10-12-9-17-20(2)11-12)8-7-15(21)18-14-6-4-3-5-13(14)16/h3-6,9,11H,7-8,10,16H2,1-2H3,(H,18,21). The van der Waals surface area contributed by atoms with Crippen LogP contribution in [-0.2, 0) is 18.4 Å². The highest BCUT2D eigenvalue weighted by Crippen LogP contribution is 2.16. The molecule has 2 aromatic rings. The third kappa shape index (κ3) is 4.61. The second-order valence-electron chi connectivity index (χ2n) is 5.15. The average molecular weight is 287 g/mol. The first kappa shape index (κ1) is 15.1. The molecule has 1 amide bonds. The summed E-state index contributed by atoms with van der Waals surface area (Å²) in [6.07, 6.45) is 4.23. The van der Waals surface area contributed by atoms with Crippen LogP contribution >= 0.6 is 0 Å². The number of amides is 1. The zero-order chi connectivity index (χ0) is 15.2. The predicted octanol–water partition coefficient (Wildman–Crippen LogP) is 1.46. The summed E-state index contributed by atoms with van der Waals surface area (Å²) in [5, 5.41) is 6.95. The van der Waals surface area contributed by atoms with E-state index >= 15 is 0 Å². The number of benzene rings is 1. The van der Waals surface area contributed by atoms with E-state index in [0.717, 1.165) is 12.1 Å². The van der Waals surface area contributed by atoms with Gasteiger partial charge in [-0.25, -0.2) is 0 Å². The number of nitrogens with one attached hydrogen (secondary N) is 1. The zero-order valence-electron chi connectivity index (χ0n) is 12.4. The molecule has 0 aliphatic carbocycles. The normalized spacial score (nSPS) is 10.8. The van der Waals surface area contributed by atoms with Crippen molar-refractivity contribution in [2.24, 2.45) is 7.05 Å².